The smallest absolute Gasteiger partial charge is 0.247 e. The zero-order valence-corrected chi connectivity index (χ0v) is 9.70. The summed E-state index contributed by atoms with van der Waals surface area (Å²) < 4.78 is 5.29. The molecule has 2 aromatic rings. The maximum absolute atomic E-state index is 10.7. The van der Waals surface area contributed by atoms with Crippen molar-refractivity contribution in [2.75, 3.05) is 0 Å². The van der Waals surface area contributed by atoms with Gasteiger partial charge in [-0.2, -0.15) is 0 Å². The average Bonchev–Trinajstić information content (AvgIpc) is 2.66. The Morgan fingerprint density at radius 3 is 2.62 bits per heavy atom. The second kappa shape index (κ2) is 4.67. The van der Waals surface area contributed by atoms with Crippen molar-refractivity contribution in [3.05, 3.63) is 35.2 Å². The minimum Gasteiger partial charge on any atom is -0.420 e. The molecule has 0 radical (unpaired) electrons. The summed E-state index contributed by atoms with van der Waals surface area (Å²) in [6.45, 7) is 0. The number of rotatable bonds is 3. The lowest BCUT2D eigenvalue weighted by Crippen LogP contribution is -1.92. The van der Waals surface area contributed by atoms with Crippen molar-refractivity contribution in [1.29, 1.82) is 0 Å². The minimum absolute atomic E-state index is 0.0314. The molecule has 1 aromatic heterocycles. The van der Waals surface area contributed by atoms with Gasteiger partial charge in [0.1, 0.15) is 0 Å². The molecule has 0 N–H and O–H groups in total. The van der Waals surface area contributed by atoms with E-state index in [9.17, 15) is 4.79 Å². The van der Waals surface area contributed by atoms with E-state index in [1.54, 1.807) is 24.3 Å². The van der Waals surface area contributed by atoms with Crippen molar-refractivity contribution in [2.24, 2.45) is 0 Å². The Morgan fingerprint density at radius 1 is 1.31 bits per heavy atom. The summed E-state index contributed by atoms with van der Waals surface area (Å²) in [5, 5.41) is 7.88. The van der Waals surface area contributed by atoms with Crippen LogP contribution >= 0.6 is 24.2 Å². The first-order chi connectivity index (χ1) is 7.65. The molecule has 1 aromatic carbocycles. The summed E-state index contributed by atoms with van der Waals surface area (Å²) in [7, 11) is 0. The molecule has 6 heteroatoms. The number of hydrogen-bond donors (Lipinski definition) is 1. The fourth-order valence-corrected chi connectivity index (χ4v) is 1.42. The van der Waals surface area contributed by atoms with Gasteiger partial charge in [-0.3, -0.25) is 4.79 Å². The van der Waals surface area contributed by atoms with Crippen molar-refractivity contribution < 1.29 is 9.21 Å². The third kappa shape index (κ3) is 2.62. The first-order valence-electron chi connectivity index (χ1n) is 4.45. The molecule has 0 saturated carbocycles. The van der Waals surface area contributed by atoms with Crippen molar-refractivity contribution >= 4 is 29.3 Å². The van der Waals surface area contributed by atoms with E-state index in [1.165, 1.54) is 0 Å². The molecule has 0 aliphatic rings. The molecule has 0 spiro atoms. The van der Waals surface area contributed by atoms with Gasteiger partial charge >= 0.3 is 0 Å². The summed E-state index contributed by atoms with van der Waals surface area (Å²) in [5.74, 6) is 0.617. The van der Waals surface area contributed by atoms with E-state index in [2.05, 4.69) is 22.8 Å². The molecule has 0 saturated heterocycles. The summed E-state index contributed by atoms with van der Waals surface area (Å²) in [5.41, 5.74) is 0.759. The van der Waals surface area contributed by atoms with E-state index in [1.807, 2.05) is 0 Å². The number of carbonyl (C=O) groups excluding carboxylic acids is 1. The standard InChI is InChI=1S/C10H7ClN2O2S/c11-7-3-1-6(2-4-7)10-13-12-8(15-10)5-9(14)16/h1-4H,5H2,(H,14,16). The molecule has 0 bridgehead atoms. The predicted molar refractivity (Wildman–Crippen MR) is 62.4 cm³/mol. The van der Waals surface area contributed by atoms with E-state index in [-0.39, 0.29) is 17.4 Å². The van der Waals surface area contributed by atoms with Gasteiger partial charge in [-0.25, -0.2) is 0 Å². The minimum atomic E-state index is -0.314. The number of carbonyl (C=O) groups is 1. The van der Waals surface area contributed by atoms with Crippen LogP contribution in [0.1, 0.15) is 5.89 Å². The molecular weight excluding hydrogens is 248 g/mol. The summed E-state index contributed by atoms with van der Waals surface area (Å²) >= 11 is 9.39. The predicted octanol–water partition coefficient (Wildman–Crippen LogP) is 2.39. The lowest BCUT2D eigenvalue weighted by molar-refractivity contribution is -0.110. The van der Waals surface area contributed by atoms with Crippen LogP contribution in [-0.2, 0) is 11.2 Å². The van der Waals surface area contributed by atoms with E-state index >= 15 is 0 Å². The lowest BCUT2D eigenvalue weighted by Gasteiger charge is -1.93. The maximum atomic E-state index is 10.7. The van der Waals surface area contributed by atoms with Gasteiger partial charge in [0.2, 0.25) is 11.8 Å². The number of hydrogen-bond acceptors (Lipinski definition) is 4. The molecule has 0 aliphatic carbocycles. The van der Waals surface area contributed by atoms with Crippen molar-refractivity contribution in [1.82, 2.24) is 10.2 Å². The van der Waals surface area contributed by atoms with Crippen LogP contribution in [0.5, 0.6) is 0 Å². The van der Waals surface area contributed by atoms with Crippen LogP contribution in [0.2, 0.25) is 5.02 Å². The van der Waals surface area contributed by atoms with Crippen LogP contribution in [0.15, 0.2) is 28.7 Å². The zero-order valence-electron chi connectivity index (χ0n) is 8.05. The van der Waals surface area contributed by atoms with E-state index in [0.29, 0.717) is 10.9 Å². The number of halogens is 1. The maximum Gasteiger partial charge on any atom is 0.247 e. The third-order valence-corrected chi connectivity index (χ3v) is 2.27. The highest BCUT2D eigenvalue weighted by molar-refractivity contribution is 7.96. The molecule has 0 amide bonds. The Bertz CT molecular complexity index is 510. The van der Waals surface area contributed by atoms with Crippen LogP contribution in [0, 0.1) is 0 Å². The summed E-state index contributed by atoms with van der Waals surface area (Å²) in [4.78, 5) is 10.7. The molecule has 0 unspecified atom stereocenters. The van der Waals surface area contributed by atoms with Crippen molar-refractivity contribution in [3.63, 3.8) is 0 Å². The van der Waals surface area contributed by atoms with E-state index in [4.69, 9.17) is 16.0 Å². The fourth-order valence-electron chi connectivity index (χ4n) is 1.16. The molecule has 0 atom stereocenters. The third-order valence-electron chi connectivity index (χ3n) is 1.86. The number of aromatic nitrogens is 2. The summed E-state index contributed by atoms with van der Waals surface area (Å²) in [6, 6.07) is 6.99. The molecule has 1 heterocycles. The largest absolute Gasteiger partial charge is 0.420 e. The Kier molecular flexibility index (Phi) is 3.26. The van der Waals surface area contributed by atoms with Crippen LogP contribution in [0.4, 0.5) is 0 Å². The molecule has 16 heavy (non-hydrogen) atoms. The van der Waals surface area contributed by atoms with Crippen molar-refractivity contribution in [2.45, 2.75) is 6.42 Å². The molecule has 0 aliphatic heterocycles. The Balaban J connectivity index is 2.24. The van der Waals surface area contributed by atoms with Gasteiger partial charge in [0.25, 0.3) is 0 Å². The quantitative estimate of drug-likeness (QED) is 0.855. The molecule has 82 valence electrons. The fraction of sp³-hybridized carbons (Fsp3) is 0.100. The number of thiol groups is 1. The lowest BCUT2D eigenvalue weighted by atomic mass is 10.2. The average molecular weight is 255 g/mol. The SMILES string of the molecule is O=C(S)Cc1nnc(-c2ccc(Cl)cc2)o1. The molecule has 2 rings (SSSR count). The highest BCUT2D eigenvalue weighted by Crippen LogP contribution is 2.20. The zero-order chi connectivity index (χ0) is 11.5. The van der Waals surface area contributed by atoms with Gasteiger partial charge in [0.05, 0.1) is 6.42 Å². The van der Waals surface area contributed by atoms with Gasteiger partial charge in [0, 0.05) is 10.6 Å². The highest BCUT2D eigenvalue weighted by atomic mass is 35.5. The molecule has 0 fully saturated rings. The van der Waals surface area contributed by atoms with Crippen LogP contribution in [-0.4, -0.2) is 15.3 Å². The van der Waals surface area contributed by atoms with Gasteiger partial charge in [-0.1, -0.05) is 11.6 Å². The Labute approximate surface area is 102 Å². The highest BCUT2D eigenvalue weighted by Gasteiger charge is 2.10. The van der Waals surface area contributed by atoms with Crippen LogP contribution in [0.25, 0.3) is 11.5 Å². The Morgan fingerprint density at radius 2 is 2.00 bits per heavy atom. The molecule has 4 nitrogen and oxygen atoms in total. The molecular formula is C10H7ClN2O2S. The van der Waals surface area contributed by atoms with Crippen LogP contribution in [0.3, 0.4) is 0 Å². The number of benzene rings is 1. The van der Waals surface area contributed by atoms with Gasteiger partial charge in [-0.15, -0.1) is 22.8 Å². The van der Waals surface area contributed by atoms with E-state index < -0.39 is 0 Å². The van der Waals surface area contributed by atoms with E-state index in [0.717, 1.165) is 5.56 Å². The normalized spacial score (nSPS) is 10.4. The van der Waals surface area contributed by atoms with Gasteiger partial charge < -0.3 is 4.42 Å². The monoisotopic (exact) mass is 254 g/mol. The first-order valence-corrected chi connectivity index (χ1v) is 5.28. The van der Waals surface area contributed by atoms with Gasteiger partial charge in [-0.05, 0) is 24.3 Å². The topological polar surface area (TPSA) is 56.0 Å². The van der Waals surface area contributed by atoms with Gasteiger partial charge in [0.15, 0.2) is 5.12 Å². The second-order valence-electron chi connectivity index (χ2n) is 3.08. The van der Waals surface area contributed by atoms with Crippen molar-refractivity contribution in [3.8, 4) is 11.5 Å². The first kappa shape index (κ1) is 11.2. The second-order valence-corrected chi connectivity index (χ2v) is 4.01. The van der Waals surface area contributed by atoms with Crippen LogP contribution < -0.4 is 0 Å². The number of nitrogens with zero attached hydrogens (tertiary/aromatic N) is 2. The summed E-state index contributed by atoms with van der Waals surface area (Å²) in [6.07, 6.45) is 0.0314. The Hall–Kier alpha value is -1.33.